The molecule has 34 heavy (non-hydrogen) atoms. The summed E-state index contributed by atoms with van der Waals surface area (Å²) in [5.41, 5.74) is 0.789. The molecule has 2 aromatic carbocycles. The zero-order chi connectivity index (χ0) is 24.1. The first-order chi connectivity index (χ1) is 16.4. The minimum Gasteiger partial charge on any atom is -0.442 e. The van der Waals surface area contributed by atoms with Crippen LogP contribution in [0.25, 0.3) is 0 Å². The van der Waals surface area contributed by atoms with E-state index in [1.807, 2.05) is 0 Å². The first-order valence-corrected chi connectivity index (χ1v) is 10.8. The smallest absolute Gasteiger partial charge is 0.359 e. The molecule has 1 amide bonds. The van der Waals surface area contributed by atoms with Crippen molar-refractivity contribution in [3.63, 3.8) is 0 Å². The number of aromatic nitrogens is 2. The Morgan fingerprint density at radius 2 is 1.79 bits per heavy atom. The van der Waals surface area contributed by atoms with Gasteiger partial charge in [0.05, 0.1) is 4.92 Å². The van der Waals surface area contributed by atoms with Crippen molar-refractivity contribution in [2.75, 3.05) is 23.3 Å². The number of aryl methyl sites for hydroxylation is 1. The van der Waals surface area contributed by atoms with E-state index >= 15 is 0 Å². The number of nitrogens with zero attached hydrogens (tertiary/aromatic N) is 4. The second-order valence-corrected chi connectivity index (χ2v) is 7.93. The Bertz CT molecular complexity index is 1190. The van der Waals surface area contributed by atoms with E-state index < -0.39 is 22.9 Å². The van der Waals surface area contributed by atoms with Gasteiger partial charge in [-0.25, -0.2) is 4.79 Å². The van der Waals surface area contributed by atoms with Crippen molar-refractivity contribution in [1.82, 2.24) is 10.2 Å². The van der Waals surface area contributed by atoms with E-state index in [0.717, 1.165) is 25.9 Å². The first-order valence-electron chi connectivity index (χ1n) is 10.8. The number of rotatable bonds is 7. The second-order valence-electron chi connectivity index (χ2n) is 7.93. The molecule has 1 saturated heterocycles. The largest absolute Gasteiger partial charge is 0.442 e. The van der Waals surface area contributed by atoms with Gasteiger partial charge in [-0.2, -0.15) is 0 Å². The van der Waals surface area contributed by atoms with Crippen LogP contribution in [0.5, 0.6) is 0 Å². The number of esters is 1. The minimum absolute atomic E-state index is 0.00679. The number of anilines is 2. The van der Waals surface area contributed by atoms with Gasteiger partial charge < -0.3 is 15.0 Å². The van der Waals surface area contributed by atoms with Gasteiger partial charge in [-0.15, -0.1) is 10.2 Å². The predicted octanol–water partition coefficient (Wildman–Crippen LogP) is 3.83. The number of amides is 1. The number of carbonyl (C=O) groups excluding carboxylic acids is 2. The molecule has 0 radical (unpaired) electrons. The summed E-state index contributed by atoms with van der Waals surface area (Å²) in [5.74, 6) is -0.880. The fraction of sp³-hybridized carbons (Fsp3) is 0.250. The summed E-state index contributed by atoms with van der Waals surface area (Å²) in [7, 11) is 0. The van der Waals surface area contributed by atoms with Crippen molar-refractivity contribution in [2.45, 2.75) is 25.9 Å². The van der Waals surface area contributed by atoms with E-state index in [9.17, 15) is 19.7 Å². The monoisotopic (exact) mass is 461 g/mol. The van der Waals surface area contributed by atoms with Crippen molar-refractivity contribution in [3.05, 3.63) is 87.6 Å². The molecule has 1 aliphatic rings. The SMILES string of the molecule is Cc1ccc(NC(=O)C(OC(=O)c2ccc(N3CCCC3)nn2)c2ccccc2)c([N+](=O)[O-])c1. The van der Waals surface area contributed by atoms with Gasteiger partial charge in [0.25, 0.3) is 11.6 Å². The van der Waals surface area contributed by atoms with Crippen LogP contribution in [0.1, 0.15) is 40.6 Å². The van der Waals surface area contributed by atoms with Crippen molar-refractivity contribution < 1.29 is 19.2 Å². The summed E-state index contributed by atoms with van der Waals surface area (Å²) in [4.78, 5) is 38.9. The molecular formula is C24H23N5O5. The molecule has 1 fully saturated rings. The van der Waals surface area contributed by atoms with Crippen LogP contribution in [0.2, 0.25) is 0 Å². The van der Waals surface area contributed by atoms with Crippen molar-refractivity contribution >= 4 is 29.1 Å². The van der Waals surface area contributed by atoms with E-state index in [1.165, 1.54) is 18.2 Å². The Balaban J connectivity index is 1.55. The van der Waals surface area contributed by atoms with Crippen LogP contribution in [0, 0.1) is 17.0 Å². The summed E-state index contributed by atoms with van der Waals surface area (Å²) >= 11 is 0. The molecule has 1 aliphatic heterocycles. The summed E-state index contributed by atoms with van der Waals surface area (Å²) in [6, 6.07) is 16.1. The molecule has 1 N–H and O–H groups in total. The number of nitro benzene ring substituents is 1. The van der Waals surface area contributed by atoms with E-state index in [1.54, 1.807) is 49.4 Å². The van der Waals surface area contributed by atoms with Crippen molar-refractivity contribution in [2.24, 2.45) is 0 Å². The highest BCUT2D eigenvalue weighted by Crippen LogP contribution is 2.28. The van der Waals surface area contributed by atoms with Gasteiger partial charge >= 0.3 is 5.97 Å². The summed E-state index contributed by atoms with van der Waals surface area (Å²) in [5, 5.41) is 22.0. The Morgan fingerprint density at radius 3 is 2.44 bits per heavy atom. The Hall–Kier alpha value is -4.34. The van der Waals surface area contributed by atoms with Crippen LogP contribution in [0.15, 0.2) is 60.7 Å². The minimum atomic E-state index is -1.35. The number of hydrogen-bond donors (Lipinski definition) is 1. The maximum Gasteiger partial charge on any atom is 0.359 e. The number of ether oxygens (including phenoxy) is 1. The molecule has 1 aromatic heterocycles. The zero-order valence-electron chi connectivity index (χ0n) is 18.5. The molecule has 0 bridgehead atoms. The third-order valence-electron chi connectivity index (χ3n) is 5.46. The number of nitrogens with one attached hydrogen (secondary N) is 1. The predicted molar refractivity (Wildman–Crippen MR) is 125 cm³/mol. The summed E-state index contributed by atoms with van der Waals surface area (Å²) < 4.78 is 5.51. The number of hydrogen-bond acceptors (Lipinski definition) is 8. The lowest BCUT2D eigenvalue weighted by atomic mass is 10.1. The number of carbonyl (C=O) groups is 2. The summed E-state index contributed by atoms with van der Waals surface area (Å²) in [6.45, 7) is 3.49. The van der Waals surface area contributed by atoms with E-state index in [2.05, 4.69) is 20.4 Å². The molecule has 4 rings (SSSR count). The van der Waals surface area contributed by atoms with Crippen LogP contribution in [0.3, 0.4) is 0 Å². The maximum absolute atomic E-state index is 13.1. The van der Waals surface area contributed by atoms with Crippen LogP contribution < -0.4 is 10.2 Å². The van der Waals surface area contributed by atoms with E-state index in [4.69, 9.17) is 4.74 Å². The normalized spacial score (nSPS) is 13.9. The van der Waals surface area contributed by atoms with Gasteiger partial charge in [0.2, 0.25) is 6.10 Å². The average Bonchev–Trinajstić information content (AvgIpc) is 3.39. The molecule has 10 heteroatoms. The fourth-order valence-electron chi connectivity index (χ4n) is 3.71. The van der Waals surface area contributed by atoms with E-state index in [-0.39, 0.29) is 17.1 Å². The molecule has 3 aromatic rings. The van der Waals surface area contributed by atoms with Gasteiger partial charge in [-0.05, 0) is 43.5 Å². The standard InChI is InChI=1S/C24H23N5O5/c1-16-9-10-18(20(15-16)29(32)33)25-23(30)22(17-7-3-2-4-8-17)34-24(31)19-11-12-21(27-26-19)28-13-5-6-14-28/h2-4,7-12,15,22H,5-6,13-14H2,1H3,(H,25,30). The summed E-state index contributed by atoms with van der Waals surface area (Å²) in [6.07, 6.45) is 0.811. The topological polar surface area (TPSA) is 128 Å². The van der Waals surface area contributed by atoms with Crippen molar-refractivity contribution in [3.8, 4) is 0 Å². The van der Waals surface area contributed by atoms with Crippen LogP contribution in [0.4, 0.5) is 17.2 Å². The van der Waals surface area contributed by atoms with Gasteiger partial charge in [0.15, 0.2) is 11.5 Å². The Kier molecular flexibility index (Phi) is 6.77. The molecule has 0 saturated carbocycles. The van der Waals surface area contributed by atoms with Gasteiger partial charge in [-0.1, -0.05) is 36.4 Å². The lowest BCUT2D eigenvalue weighted by molar-refractivity contribution is -0.384. The second kappa shape index (κ2) is 10.1. The lowest BCUT2D eigenvalue weighted by Crippen LogP contribution is -2.27. The molecule has 0 aliphatic carbocycles. The van der Waals surface area contributed by atoms with Crippen LogP contribution >= 0.6 is 0 Å². The third kappa shape index (κ3) is 5.17. The maximum atomic E-state index is 13.1. The quantitative estimate of drug-likeness (QED) is 0.319. The highest BCUT2D eigenvalue weighted by molar-refractivity contribution is 5.99. The fourth-order valence-corrected chi connectivity index (χ4v) is 3.71. The Morgan fingerprint density at radius 1 is 1.06 bits per heavy atom. The molecule has 10 nitrogen and oxygen atoms in total. The zero-order valence-corrected chi connectivity index (χ0v) is 18.5. The first kappa shape index (κ1) is 22.8. The number of benzene rings is 2. The molecule has 1 unspecified atom stereocenters. The average molecular weight is 461 g/mol. The highest BCUT2D eigenvalue weighted by atomic mass is 16.6. The third-order valence-corrected chi connectivity index (χ3v) is 5.46. The Labute approximate surface area is 195 Å². The molecule has 0 spiro atoms. The molecule has 2 heterocycles. The molecule has 174 valence electrons. The number of nitro groups is 1. The lowest BCUT2D eigenvalue weighted by Gasteiger charge is -2.18. The van der Waals surface area contributed by atoms with Crippen molar-refractivity contribution in [1.29, 1.82) is 0 Å². The van der Waals surface area contributed by atoms with E-state index in [0.29, 0.717) is 16.9 Å². The highest BCUT2D eigenvalue weighted by Gasteiger charge is 2.28. The molecule has 1 atom stereocenters. The van der Waals surface area contributed by atoms with Gasteiger partial charge in [-0.3, -0.25) is 14.9 Å². The van der Waals surface area contributed by atoms with Gasteiger partial charge in [0, 0.05) is 24.7 Å². The molecular weight excluding hydrogens is 438 g/mol. The van der Waals surface area contributed by atoms with Gasteiger partial charge in [0.1, 0.15) is 5.69 Å². The van der Waals surface area contributed by atoms with Crippen LogP contribution in [-0.2, 0) is 9.53 Å². The van der Waals surface area contributed by atoms with Crippen LogP contribution in [-0.4, -0.2) is 40.1 Å².